The fraction of sp³-hybridized carbons (Fsp3) is 0.467. The Bertz CT molecular complexity index is 584. The summed E-state index contributed by atoms with van der Waals surface area (Å²) >= 11 is 0. The quantitative estimate of drug-likeness (QED) is 0.438. The molecule has 9 nitrogen and oxygen atoms in total. The van der Waals surface area contributed by atoms with E-state index in [1.54, 1.807) is 12.1 Å². The van der Waals surface area contributed by atoms with Crippen LogP contribution in [0, 0.1) is 10.1 Å². The van der Waals surface area contributed by atoms with Crippen molar-refractivity contribution in [3.05, 3.63) is 39.9 Å². The van der Waals surface area contributed by atoms with Gasteiger partial charge in [-0.3, -0.25) is 14.9 Å². The number of non-ortho nitro benzene ring substituents is 1. The lowest BCUT2D eigenvalue weighted by Gasteiger charge is -2.23. The molecule has 0 aromatic heterocycles. The smallest absolute Gasteiger partial charge is 0.315 e. The lowest BCUT2D eigenvalue weighted by Crippen LogP contribution is -2.49. The molecule has 0 saturated carbocycles. The molecule has 4 N–H and O–H groups in total. The maximum atomic E-state index is 11.7. The molecule has 9 heteroatoms. The zero-order valence-electron chi connectivity index (χ0n) is 13.2. The SMILES string of the molecule is O=C(CNC(=O)NCc1ccc([N+](=O)[O-])cc1)N[C@H]1CCCNC1. The van der Waals surface area contributed by atoms with Gasteiger partial charge < -0.3 is 21.3 Å². The molecular weight excluding hydrogens is 314 g/mol. The minimum absolute atomic E-state index is 0.00271. The van der Waals surface area contributed by atoms with Crippen LogP contribution in [0.3, 0.4) is 0 Å². The molecule has 2 rings (SSSR count). The molecule has 0 aliphatic carbocycles. The number of amides is 3. The number of urea groups is 1. The molecule has 0 unspecified atom stereocenters. The molecule has 1 saturated heterocycles. The standard InChI is InChI=1S/C15H21N5O4/c21-14(19-12-2-1-7-16-9-12)10-18-15(22)17-8-11-3-5-13(6-4-11)20(23)24/h3-6,12,16H,1-2,7-10H2,(H,19,21)(H2,17,18,22)/t12-/m0/s1. The molecule has 1 heterocycles. The summed E-state index contributed by atoms with van der Waals surface area (Å²) in [5, 5.41) is 21.7. The normalized spacial score (nSPS) is 16.9. The summed E-state index contributed by atoms with van der Waals surface area (Å²) in [6.07, 6.45) is 1.96. The van der Waals surface area contributed by atoms with Crippen molar-refractivity contribution < 1.29 is 14.5 Å². The second kappa shape index (κ2) is 8.82. The van der Waals surface area contributed by atoms with Gasteiger partial charge in [0.2, 0.25) is 5.91 Å². The number of hydrogen-bond donors (Lipinski definition) is 4. The van der Waals surface area contributed by atoms with Gasteiger partial charge in [-0.05, 0) is 24.9 Å². The van der Waals surface area contributed by atoms with Crippen LogP contribution in [-0.2, 0) is 11.3 Å². The number of carbonyl (C=O) groups excluding carboxylic acids is 2. The van der Waals surface area contributed by atoms with Crippen LogP contribution in [0.1, 0.15) is 18.4 Å². The monoisotopic (exact) mass is 335 g/mol. The van der Waals surface area contributed by atoms with E-state index in [-0.39, 0.29) is 30.7 Å². The topological polar surface area (TPSA) is 125 Å². The lowest BCUT2D eigenvalue weighted by molar-refractivity contribution is -0.384. The molecule has 24 heavy (non-hydrogen) atoms. The minimum Gasteiger partial charge on any atom is -0.351 e. The van der Waals surface area contributed by atoms with Crippen LogP contribution in [0.25, 0.3) is 0 Å². The first-order valence-corrected chi connectivity index (χ1v) is 7.79. The van der Waals surface area contributed by atoms with Crippen molar-refractivity contribution in [1.82, 2.24) is 21.3 Å². The largest absolute Gasteiger partial charge is 0.351 e. The van der Waals surface area contributed by atoms with Gasteiger partial charge >= 0.3 is 6.03 Å². The summed E-state index contributed by atoms with van der Waals surface area (Å²) in [5.74, 6) is -0.228. The summed E-state index contributed by atoms with van der Waals surface area (Å²) in [7, 11) is 0. The number of nitrogens with zero attached hydrogens (tertiary/aromatic N) is 1. The Balaban J connectivity index is 1.65. The maximum Gasteiger partial charge on any atom is 0.315 e. The zero-order chi connectivity index (χ0) is 17.4. The van der Waals surface area contributed by atoms with E-state index in [4.69, 9.17) is 0 Å². The second-order valence-electron chi connectivity index (χ2n) is 5.57. The highest BCUT2D eigenvalue weighted by molar-refractivity contribution is 5.84. The van der Waals surface area contributed by atoms with Gasteiger partial charge in [0.25, 0.3) is 5.69 Å². The van der Waals surface area contributed by atoms with Gasteiger partial charge in [-0.2, -0.15) is 0 Å². The van der Waals surface area contributed by atoms with E-state index >= 15 is 0 Å². The summed E-state index contributed by atoms with van der Waals surface area (Å²) < 4.78 is 0. The third-order valence-corrected chi connectivity index (χ3v) is 3.67. The van der Waals surface area contributed by atoms with E-state index in [0.717, 1.165) is 31.5 Å². The lowest BCUT2D eigenvalue weighted by atomic mass is 10.1. The molecular formula is C15H21N5O4. The molecule has 1 aliphatic rings. The Morgan fingerprint density at radius 1 is 1.25 bits per heavy atom. The number of piperidine rings is 1. The number of nitrogens with one attached hydrogen (secondary N) is 4. The number of nitro benzene ring substituents is 1. The Kier molecular flexibility index (Phi) is 6.50. The van der Waals surface area contributed by atoms with E-state index in [1.165, 1.54) is 12.1 Å². The molecule has 3 amide bonds. The Morgan fingerprint density at radius 2 is 2.00 bits per heavy atom. The zero-order valence-corrected chi connectivity index (χ0v) is 13.2. The number of nitro groups is 1. The van der Waals surface area contributed by atoms with Gasteiger partial charge in [-0.1, -0.05) is 12.1 Å². The molecule has 1 atom stereocenters. The van der Waals surface area contributed by atoms with Gasteiger partial charge in [0, 0.05) is 31.3 Å². The average Bonchev–Trinajstić information content (AvgIpc) is 2.59. The summed E-state index contributed by atoms with van der Waals surface area (Å²) in [6.45, 7) is 1.84. The summed E-state index contributed by atoms with van der Waals surface area (Å²) in [6, 6.07) is 5.53. The highest BCUT2D eigenvalue weighted by Crippen LogP contribution is 2.11. The highest BCUT2D eigenvalue weighted by Gasteiger charge is 2.15. The molecule has 1 aliphatic heterocycles. The van der Waals surface area contributed by atoms with Gasteiger partial charge in [0.05, 0.1) is 11.5 Å². The van der Waals surface area contributed by atoms with Crippen molar-refractivity contribution in [2.75, 3.05) is 19.6 Å². The first kappa shape index (κ1) is 17.7. The van der Waals surface area contributed by atoms with Crippen molar-refractivity contribution in [1.29, 1.82) is 0 Å². The maximum absolute atomic E-state index is 11.7. The first-order valence-electron chi connectivity index (χ1n) is 7.79. The van der Waals surface area contributed by atoms with Crippen molar-refractivity contribution in [2.45, 2.75) is 25.4 Å². The van der Waals surface area contributed by atoms with Gasteiger partial charge in [-0.15, -0.1) is 0 Å². The predicted octanol–water partition coefficient (Wildman–Crippen LogP) is 0.262. The molecule has 1 fully saturated rings. The molecule has 0 spiro atoms. The van der Waals surface area contributed by atoms with Crippen LogP contribution >= 0.6 is 0 Å². The van der Waals surface area contributed by atoms with Crippen LogP contribution in [0.4, 0.5) is 10.5 Å². The van der Waals surface area contributed by atoms with Crippen molar-refractivity contribution in [3.8, 4) is 0 Å². The van der Waals surface area contributed by atoms with Crippen LogP contribution in [-0.4, -0.2) is 42.5 Å². The van der Waals surface area contributed by atoms with Crippen molar-refractivity contribution >= 4 is 17.6 Å². The fourth-order valence-electron chi connectivity index (χ4n) is 2.39. The van der Waals surface area contributed by atoms with Gasteiger partial charge in [-0.25, -0.2) is 4.79 Å². The highest BCUT2D eigenvalue weighted by atomic mass is 16.6. The van der Waals surface area contributed by atoms with E-state index in [9.17, 15) is 19.7 Å². The van der Waals surface area contributed by atoms with Gasteiger partial charge in [0.1, 0.15) is 0 Å². The van der Waals surface area contributed by atoms with Crippen molar-refractivity contribution in [3.63, 3.8) is 0 Å². The van der Waals surface area contributed by atoms with Crippen LogP contribution in [0.5, 0.6) is 0 Å². The van der Waals surface area contributed by atoms with E-state index < -0.39 is 11.0 Å². The van der Waals surface area contributed by atoms with E-state index in [0.29, 0.717) is 0 Å². The Labute approximate surface area is 139 Å². The van der Waals surface area contributed by atoms with Crippen molar-refractivity contribution in [2.24, 2.45) is 0 Å². The second-order valence-corrected chi connectivity index (χ2v) is 5.57. The first-order chi connectivity index (χ1) is 11.5. The van der Waals surface area contributed by atoms with E-state index in [2.05, 4.69) is 21.3 Å². The minimum atomic E-state index is -0.482. The molecule has 1 aromatic carbocycles. The van der Waals surface area contributed by atoms with Gasteiger partial charge in [0.15, 0.2) is 0 Å². The van der Waals surface area contributed by atoms with Crippen LogP contribution < -0.4 is 21.3 Å². The Hall–Kier alpha value is -2.68. The van der Waals surface area contributed by atoms with Crippen LogP contribution in [0.2, 0.25) is 0 Å². The Morgan fingerprint density at radius 3 is 2.62 bits per heavy atom. The molecule has 0 bridgehead atoms. The van der Waals surface area contributed by atoms with E-state index in [1.807, 2.05) is 0 Å². The number of carbonyl (C=O) groups is 2. The predicted molar refractivity (Wildman–Crippen MR) is 87.4 cm³/mol. The third kappa shape index (κ3) is 5.84. The third-order valence-electron chi connectivity index (χ3n) is 3.67. The molecule has 0 radical (unpaired) electrons. The van der Waals surface area contributed by atoms with Crippen LogP contribution in [0.15, 0.2) is 24.3 Å². The number of rotatable bonds is 6. The number of benzene rings is 1. The number of hydrogen-bond acceptors (Lipinski definition) is 5. The fourth-order valence-corrected chi connectivity index (χ4v) is 2.39. The summed E-state index contributed by atoms with van der Waals surface area (Å²) in [5.41, 5.74) is 0.727. The molecule has 130 valence electrons. The average molecular weight is 335 g/mol. The summed E-state index contributed by atoms with van der Waals surface area (Å²) in [4.78, 5) is 33.5. The molecule has 1 aromatic rings.